The molecule has 0 aromatic heterocycles. The van der Waals surface area contributed by atoms with Gasteiger partial charge in [0.25, 0.3) is 0 Å². The third-order valence-electron chi connectivity index (χ3n) is 8.38. The van der Waals surface area contributed by atoms with Crippen molar-refractivity contribution in [2.45, 2.75) is 10.1 Å². The number of benzene rings is 5. The van der Waals surface area contributed by atoms with E-state index in [2.05, 4.69) is 180 Å². The molecular weight excluding hydrogens is 541 g/mol. The second kappa shape index (κ2) is 11.0. The van der Waals surface area contributed by atoms with Gasteiger partial charge in [-0.25, -0.2) is 0 Å². The number of thioether (sulfide) groups is 1. The Morgan fingerprint density at radius 2 is 1.05 bits per heavy atom. The predicted molar refractivity (Wildman–Crippen MR) is 183 cm³/mol. The van der Waals surface area contributed by atoms with E-state index in [1.165, 1.54) is 27.3 Å². The van der Waals surface area contributed by atoms with Crippen LogP contribution in [0.2, 0.25) is 0 Å². The molecule has 3 aliphatic rings. The minimum atomic E-state index is 0.334. The van der Waals surface area contributed by atoms with Gasteiger partial charge in [0.1, 0.15) is 0 Å². The molecular formula is C40H30N2S. The maximum absolute atomic E-state index is 2.45. The van der Waals surface area contributed by atoms with E-state index in [-0.39, 0.29) is 0 Å². The maximum atomic E-state index is 2.45. The van der Waals surface area contributed by atoms with Gasteiger partial charge in [-0.05, 0) is 71.3 Å². The fourth-order valence-corrected chi connectivity index (χ4v) is 8.04. The maximum Gasteiger partial charge on any atom is 0.0846 e. The minimum absolute atomic E-state index is 0.334. The first-order valence-corrected chi connectivity index (χ1v) is 15.7. The summed E-state index contributed by atoms with van der Waals surface area (Å²) in [5, 5.41) is 0.334. The minimum Gasteiger partial charge on any atom is -0.308 e. The number of fused-ring (bicyclic) bond motifs is 5. The van der Waals surface area contributed by atoms with Crippen LogP contribution in [0.1, 0.15) is 5.56 Å². The Balaban J connectivity index is 1.42. The van der Waals surface area contributed by atoms with E-state index in [9.17, 15) is 0 Å². The zero-order valence-corrected chi connectivity index (χ0v) is 24.4. The first-order chi connectivity index (χ1) is 21.4. The van der Waals surface area contributed by atoms with Gasteiger partial charge in [0.15, 0.2) is 0 Å². The monoisotopic (exact) mass is 570 g/mol. The first kappa shape index (κ1) is 25.7. The molecule has 8 rings (SSSR count). The smallest absolute Gasteiger partial charge is 0.0846 e. The summed E-state index contributed by atoms with van der Waals surface area (Å²) in [5.41, 5.74) is 11.0. The lowest BCUT2D eigenvalue weighted by Crippen LogP contribution is -2.19. The van der Waals surface area contributed by atoms with Crippen LogP contribution in [0.3, 0.4) is 0 Å². The summed E-state index contributed by atoms with van der Waals surface area (Å²) >= 11 is 2.01. The molecule has 2 nitrogen and oxygen atoms in total. The number of hydrogen-bond donors (Lipinski definition) is 0. The van der Waals surface area contributed by atoms with Gasteiger partial charge in [0.2, 0.25) is 0 Å². The molecule has 0 amide bonds. The molecule has 0 fully saturated rings. The zero-order chi connectivity index (χ0) is 28.6. The lowest BCUT2D eigenvalue weighted by atomic mass is 9.82. The fraction of sp³-hybridized carbons (Fsp3) is 0.0500. The molecule has 2 atom stereocenters. The van der Waals surface area contributed by atoms with E-state index in [4.69, 9.17) is 0 Å². The van der Waals surface area contributed by atoms with E-state index in [0.717, 1.165) is 28.4 Å². The Kier molecular flexibility index (Phi) is 6.58. The molecule has 0 bridgehead atoms. The fourth-order valence-electron chi connectivity index (χ4n) is 6.44. The summed E-state index contributed by atoms with van der Waals surface area (Å²) in [5.74, 6) is 0.361. The largest absolute Gasteiger partial charge is 0.308 e. The Morgan fingerprint density at radius 3 is 1.60 bits per heavy atom. The van der Waals surface area contributed by atoms with Gasteiger partial charge in [-0.1, -0.05) is 115 Å². The highest BCUT2D eigenvalue weighted by atomic mass is 32.2. The molecule has 0 saturated carbocycles. The second-order valence-corrected chi connectivity index (χ2v) is 12.1. The molecule has 206 valence electrons. The van der Waals surface area contributed by atoms with Crippen molar-refractivity contribution in [3.63, 3.8) is 0 Å². The molecule has 43 heavy (non-hydrogen) atoms. The quantitative estimate of drug-likeness (QED) is 0.200. The molecule has 0 N–H and O–H groups in total. The SMILES string of the molecule is C1=CC2=CC=C3c4ccc(N(c5ccccc5)c5ccccc5)c(N(c5ccccc5)c5ccccc5)c4SC3C2C=C1. The third kappa shape index (κ3) is 4.54. The van der Waals surface area contributed by atoms with E-state index in [1.807, 2.05) is 11.8 Å². The van der Waals surface area contributed by atoms with Crippen LogP contribution in [-0.4, -0.2) is 5.25 Å². The van der Waals surface area contributed by atoms with Crippen LogP contribution >= 0.6 is 11.8 Å². The van der Waals surface area contributed by atoms with Crippen LogP contribution < -0.4 is 9.80 Å². The highest BCUT2D eigenvalue weighted by Crippen LogP contribution is 2.59. The van der Waals surface area contributed by atoms with Crippen molar-refractivity contribution < 1.29 is 0 Å². The molecule has 1 heterocycles. The van der Waals surface area contributed by atoms with Crippen molar-refractivity contribution in [2.24, 2.45) is 5.92 Å². The normalized spacial score (nSPS) is 17.8. The summed E-state index contributed by atoms with van der Waals surface area (Å²) in [7, 11) is 0. The van der Waals surface area contributed by atoms with E-state index >= 15 is 0 Å². The number of allylic oxidation sites excluding steroid dienone is 7. The number of hydrogen-bond acceptors (Lipinski definition) is 3. The van der Waals surface area contributed by atoms with Crippen molar-refractivity contribution in [3.8, 4) is 0 Å². The molecule has 2 unspecified atom stereocenters. The van der Waals surface area contributed by atoms with E-state index < -0.39 is 0 Å². The third-order valence-corrected chi connectivity index (χ3v) is 9.83. The van der Waals surface area contributed by atoms with Gasteiger partial charge in [-0.2, -0.15) is 0 Å². The van der Waals surface area contributed by atoms with Crippen molar-refractivity contribution in [3.05, 3.63) is 181 Å². The molecule has 5 aromatic rings. The van der Waals surface area contributed by atoms with Gasteiger partial charge < -0.3 is 9.80 Å². The van der Waals surface area contributed by atoms with Crippen molar-refractivity contribution in [2.75, 3.05) is 9.80 Å². The van der Waals surface area contributed by atoms with Crippen molar-refractivity contribution in [1.29, 1.82) is 0 Å². The Hall–Kier alpha value is -4.99. The average Bonchev–Trinajstić information content (AvgIpc) is 3.47. The van der Waals surface area contributed by atoms with Crippen LogP contribution in [0.25, 0.3) is 5.57 Å². The van der Waals surface area contributed by atoms with Crippen LogP contribution in [0.5, 0.6) is 0 Å². The first-order valence-electron chi connectivity index (χ1n) is 14.8. The highest BCUT2D eigenvalue weighted by Gasteiger charge is 2.40. The van der Waals surface area contributed by atoms with Crippen LogP contribution in [0.15, 0.2) is 180 Å². The van der Waals surface area contributed by atoms with E-state index in [1.54, 1.807) is 0 Å². The molecule has 5 aromatic carbocycles. The van der Waals surface area contributed by atoms with E-state index in [0.29, 0.717) is 11.2 Å². The Morgan fingerprint density at radius 1 is 0.512 bits per heavy atom. The predicted octanol–water partition coefficient (Wildman–Crippen LogP) is 11.2. The second-order valence-electron chi connectivity index (χ2n) is 10.9. The average molecular weight is 571 g/mol. The van der Waals surface area contributed by atoms with Gasteiger partial charge >= 0.3 is 0 Å². The summed E-state index contributed by atoms with van der Waals surface area (Å²) in [4.78, 5) is 6.16. The molecule has 0 radical (unpaired) electrons. The zero-order valence-electron chi connectivity index (χ0n) is 23.6. The molecule has 2 aliphatic carbocycles. The number of rotatable bonds is 6. The molecule has 0 spiro atoms. The van der Waals surface area contributed by atoms with Gasteiger partial charge in [-0.3, -0.25) is 0 Å². The Bertz CT molecular complexity index is 1810. The summed E-state index contributed by atoms with van der Waals surface area (Å²) in [6, 6.07) is 47.7. The number of nitrogens with zero attached hydrogens (tertiary/aromatic N) is 2. The lowest BCUT2D eigenvalue weighted by molar-refractivity contribution is 0.814. The Labute approximate surface area is 257 Å². The van der Waals surface area contributed by atoms with Crippen LogP contribution in [0, 0.1) is 5.92 Å². The molecule has 1 aliphatic heterocycles. The molecule has 0 saturated heterocycles. The number of anilines is 6. The highest BCUT2D eigenvalue weighted by molar-refractivity contribution is 8.01. The van der Waals surface area contributed by atoms with Gasteiger partial charge in [0.05, 0.1) is 11.4 Å². The van der Waals surface area contributed by atoms with Crippen LogP contribution in [0.4, 0.5) is 34.1 Å². The number of para-hydroxylation sites is 4. The topological polar surface area (TPSA) is 6.48 Å². The van der Waals surface area contributed by atoms with Crippen LogP contribution in [-0.2, 0) is 0 Å². The lowest BCUT2D eigenvalue weighted by Gasteiger charge is -2.34. The van der Waals surface area contributed by atoms with Gasteiger partial charge in [0, 0.05) is 38.8 Å². The summed E-state index contributed by atoms with van der Waals surface area (Å²) in [6.45, 7) is 0. The standard InChI is InChI=1S/C40H30N2S/c1-5-16-30(17-6-1)41(31-18-7-2-8-19-31)37-28-27-36-35-26-25-29-15-13-14-24-34(29)39(35)43-40(36)38(37)42(32-20-9-3-10-21-32)33-22-11-4-12-23-33/h1-28,34,39H. The summed E-state index contributed by atoms with van der Waals surface area (Å²) in [6.07, 6.45) is 13.7. The summed E-state index contributed by atoms with van der Waals surface area (Å²) < 4.78 is 0. The van der Waals surface area contributed by atoms with Gasteiger partial charge in [-0.15, -0.1) is 11.8 Å². The molecule has 3 heteroatoms. The van der Waals surface area contributed by atoms with Crippen molar-refractivity contribution in [1.82, 2.24) is 0 Å². The van der Waals surface area contributed by atoms with Crippen molar-refractivity contribution >= 4 is 51.5 Å².